The molecule has 0 spiro atoms. The van der Waals surface area contributed by atoms with Crippen LogP contribution in [0.25, 0.3) is 0 Å². The van der Waals surface area contributed by atoms with Crippen LogP contribution in [0, 0.1) is 0 Å². The Morgan fingerprint density at radius 2 is 1.75 bits per heavy atom. The smallest absolute Gasteiger partial charge is 0.330 e. The van der Waals surface area contributed by atoms with E-state index in [1.54, 1.807) is 6.92 Å². The molecule has 3 N–H and O–H groups in total. The molecule has 0 radical (unpaired) electrons. The Balaban J connectivity index is 0. The highest BCUT2D eigenvalue weighted by Gasteiger charge is 1.96. The minimum absolute atomic E-state index is 0. The number of hydrogen-bond acceptors (Lipinski definition) is 2. The van der Waals surface area contributed by atoms with E-state index in [9.17, 15) is 4.79 Å². The van der Waals surface area contributed by atoms with Gasteiger partial charge in [0.1, 0.15) is 0 Å². The highest BCUT2D eigenvalue weighted by Crippen LogP contribution is 1.93. The molecule has 0 atom stereocenters. The molecule has 0 aliphatic carbocycles. The first-order valence-corrected chi connectivity index (χ1v) is 3.88. The van der Waals surface area contributed by atoms with Gasteiger partial charge in [-0.05, 0) is 27.2 Å². The molecule has 0 aromatic rings. The van der Waals surface area contributed by atoms with Gasteiger partial charge in [0.05, 0.1) is 0 Å². The second-order valence-corrected chi connectivity index (χ2v) is 3.63. The van der Waals surface area contributed by atoms with E-state index in [0.717, 1.165) is 0 Å². The third kappa shape index (κ3) is 22.9. The molecule has 0 aliphatic heterocycles. The molecule has 0 amide bonds. The molecule has 72 valence electrons. The Morgan fingerprint density at radius 3 is 1.75 bits per heavy atom. The molecule has 0 aromatic carbocycles. The van der Waals surface area contributed by atoms with Crippen LogP contribution in [0.2, 0.25) is 0 Å². The number of nitrogens with two attached hydrogens (primary N) is 1. The fourth-order valence-corrected chi connectivity index (χ4v) is 0.151. The van der Waals surface area contributed by atoms with Crippen molar-refractivity contribution in [3.63, 3.8) is 0 Å². The molecule has 0 rings (SSSR count). The number of hydrogen-bond donors (Lipinski definition) is 2. The van der Waals surface area contributed by atoms with E-state index in [2.05, 4.69) is 6.58 Å². The molecule has 0 fully saturated rings. The van der Waals surface area contributed by atoms with E-state index in [1.807, 2.05) is 20.8 Å². The first kappa shape index (κ1) is 13.7. The summed E-state index contributed by atoms with van der Waals surface area (Å²) in [6, 6.07) is 0. The maximum atomic E-state index is 9.83. The van der Waals surface area contributed by atoms with Crippen LogP contribution in [0.5, 0.6) is 0 Å². The van der Waals surface area contributed by atoms with Gasteiger partial charge in [-0.1, -0.05) is 13.5 Å². The Bertz CT molecular complexity index is 150. The second-order valence-electron chi connectivity index (χ2n) is 3.63. The lowest BCUT2D eigenvalue weighted by molar-refractivity contribution is -0.132. The third-order valence-corrected chi connectivity index (χ3v) is 0.729. The molecule has 3 nitrogen and oxygen atoms in total. The Labute approximate surface area is 74.3 Å². The van der Waals surface area contributed by atoms with Crippen molar-refractivity contribution in [2.75, 3.05) is 0 Å². The van der Waals surface area contributed by atoms with Gasteiger partial charge in [0.25, 0.3) is 0 Å². The van der Waals surface area contributed by atoms with E-state index in [0.29, 0.717) is 6.42 Å². The van der Waals surface area contributed by atoms with Crippen molar-refractivity contribution in [1.82, 2.24) is 0 Å². The van der Waals surface area contributed by atoms with Gasteiger partial charge in [-0.2, -0.15) is 0 Å². The summed E-state index contributed by atoms with van der Waals surface area (Å²) in [5.74, 6) is -0.900. The molecule has 0 aliphatic rings. The van der Waals surface area contributed by atoms with Crippen molar-refractivity contribution in [3.05, 3.63) is 12.2 Å². The molecule has 0 saturated heterocycles. The van der Waals surface area contributed by atoms with E-state index in [1.165, 1.54) is 0 Å². The molecule has 0 unspecified atom stereocenters. The highest BCUT2D eigenvalue weighted by molar-refractivity contribution is 5.85. The minimum atomic E-state index is -0.900. The molecule has 0 aromatic heterocycles. The van der Waals surface area contributed by atoms with Gasteiger partial charge in [0, 0.05) is 11.1 Å². The van der Waals surface area contributed by atoms with Crippen molar-refractivity contribution in [2.45, 2.75) is 39.7 Å². The quantitative estimate of drug-likeness (QED) is 0.626. The molecular weight excluding hydrogens is 154 g/mol. The first-order chi connectivity index (χ1) is 5.18. The average Bonchev–Trinajstić information content (AvgIpc) is 1.82. The van der Waals surface area contributed by atoms with Crippen LogP contribution >= 0.6 is 0 Å². The highest BCUT2D eigenvalue weighted by atomic mass is 16.4. The fourth-order valence-electron chi connectivity index (χ4n) is 0.151. The van der Waals surface area contributed by atoms with Crippen molar-refractivity contribution in [3.8, 4) is 0 Å². The largest absolute Gasteiger partial charge is 0.478 e. The zero-order valence-electron chi connectivity index (χ0n) is 8.35. The van der Waals surface area contributed by atoms with Crippen LogP contribution in [0.15, 0.2) is 12.2 Å². The SMILES string of the molecule is C=C(CC)C(=O)O.CC(C)(C)N. The minimum Gasteiger partial charge on any atom is -0.478 e. The molecule has 0 saturated carbocycles. The van der Waals surface area contributed by atoms with Crippen LogP contribution in [-0.4, -0.2) is 16.6 Å². The maximum absolute atomic E-state index is 9.83. The van der Waals surface area contributed by atoms with Gasteiger partial charge in [-0.15, -0.1) is 0 Å². The number of carboxylic acid groups (broad SMARTS) is 1. The van der Waals surface area contributed by atoms with Crippen molar-refractivity contribution in [2.24, 2.45) is 5.73 Å². The summed E-state index contributed by atoms with van der Waals surface area (Å²) in [6.07, 6.45) is 0.523. The lowest BCUT2D eigenvalue weighted by Crippen LogP contribution is -2.26. The Hall–Kier alpha value is -0.830. The van der Waals surface area contributed by atoms with E-state index in [4.69, 9.17) is 10.8 Å². The summed E-state index contributed by atoms with van der Waals surface area (Å²) in [5.41, 5.74) is 5.62. The molecule has 0 heterocycles. The first-order valence-electron chi connectivity index (χ1n) is 3.88. The monoisotopic (exact) mass is 173 g/mol. The van der Waals surface area contributed by atoms with Gasteiger partial charge in [0.2, 0.25) is 0 Å². The zero-order chi connectivity index (χ0) is 10.4. The van der Waals surface area contributed by atoms with Gasteiger partial charge in [-0.25, -0.2) is 4.79 Å². The third-order valence-electron chi connectivity index (χ3n) is 0.729. The summed E-state index contributed by atoms with van der Waals surface area (Å²) in [6.45, 7) is 10.9. The van der Waals surface area contributed by atoms with Crippen molar-refractivity contribution in [1.29, 1.82) is 0 Å². The Morgan fingerprint density at radius 1 is 1.50 bits per heavy atom. The number of aliphatic carboxylic acids is 1. The lowest BCUT2D eigenvalue weighted by Gasteiger charge is -2.06. The maximum Gasteiger partial charge on any atom is 0.330 e. The van der Waals surface area contributed by atoms with Gasteiger partial charge in [-0.3, -0.25) is 0 Å². The summed E-state index contributed by atoms with van der Waals surface area (Å²) >= 11 is 0. The topological polar surface area (TPSA) is 63.3 Å². The summed E-state index contributed by atoms with van der Waals surface area (Å²) < 4.78 is 0. The normalized spacial score (nSPS) is 9.75. The van der Waals surface area contributed by atoms with Crippen molar-refractivity contribution < 1.29 is 9.90 Å². The van der Waals surface area contributed by atoms with Gasteiger partial charge >= 0.3 is 5.97 Å². The van der Waals surface area contributed by atoms with Crippen LogP contribution in [0.4, 0.5) is 0 Å². The van der Waals surface area contributed by atoms with Crippen LogP contribution < -0.4 is 5.73 Å². The van der Waals surface area contributed by atoms with E-state index >= 15 is 0 Å². The van der Waals surface area contributed by atoms with Gasteiger partial charge in [0.15, 0.2) is 0 Å². The summed E-state index contributed by atoms with van der Waals surface area (Å²) in [4.78, 5) is 9.83. The molecular formula is C9H19NO2. The second kappa shape index (κ2) is 5.77. The predicted molar refractivity (Wildman–Crippen MR) is 51.0 cm³/mol. The molecule has 12 heavy (non-hydrogen) atoms. The summed E-state index contributed by atoms with van der Waals surface area (Å²) in [5, 5.41) is 8.08. The fraction of sp³-hybridized carbons (Fsp3) is 0.667. The molecule has 3 heteroatoms. The zero-order valence-corrected chi connectivity index (χ0v) is 8.35. The number of carbonyl (C=O) groups is 1. The number of carboxylic acids is 1. The standard InChI is InChI=1S/C5H8O2.C4H11N/c1-3-4(2)5(6)7;1-4(2,3)5/h2-3H2,1H3,(H,6,7);5H2,1-3H3. The average molecular weight is 173 g/mol. The predicted octanol–water partition coefficient (Wildman–Crippen LogP) is 1.78. The summed E-state index contributed by atoms with van der Waals surface area (Å²) in [7, 11) is 0. The van der Waals surface area contributed by atoms with Crippen LogP contribution in [-0.2, 0) is 4.79 Å². The van der Waals surface area contributed by atoms with Crippen molar-refractivity contribution >= 4 is 5.97 Å². The van der Waals surface area contributed by atoms with Crippen LogP contribution in [0.3, 0.4) is 0 Å². The Kier molecular flexibility index (Phi) is 6.61. The van der Waals surface area contributed by atoms with Gasteiger partial charge < -0.3 is 10.8 Å². The van der Waals surface area contributed by atoms with Crippen LogP contribution in [0.1, 0.15) is 34.1 Å². The lowest BCUT2D eigenvalue weighted by atomic mass is 10.1. The van der Waals surface area contributed by atoms with E-state index < -0.39 is 5.97 Å². The number of rotatable bonds is 2. The van der Waals surface area contributed by atoms with E-state index in [-0.39, 0.29) is 11.1 Å². The molecule has 0 bridgehead atoms.